The number of benzene rings is 2. The summed E-state index contributed by atoms with van der Waals surface area (Å²) in [4.78, 5) is 2.42. The second-order valence-electron chi connectivity index (χ2n) is 7.67. The predicted octanol–water partition coefficient (Wildman–Crippen LogP) is 4.69. The summed E-state index contributed by atoms with van der Waals surface area (Å²) in [7, 11) is 0. The molecule has 0 spiro atoms. The van der Waals surface area contributed by atoms with Crippen LogP contribution in [0.25, 0.3) is 0 Å². The standard InChI is InChI=1S/C22H32N2/c1-6-24(20-9-7-8-17(2)14-20)21(16-23)15-18-10-12-19(13-11-18)22(3,4)5/h7-14,21H,6,15-16,23H2,1-5H3. The first-order valence-corrected chi connectivity index (χ1v) is 8.98. The molecule has 2 aromatic rings. The number of aryl methyl sites for hydroxylation is 1. The average molecular weight is 325 g/mol. The predicted molar refractivity (Wildman–Crippen MR) is 106 cm³/mol. The number of rotatable bonds is 6. The summed E-state index contributed by atoms with van der Waals surface area (Å²) in [5.41, 5.74) is 11.6. The first-order valence-electron chi connectivity index (χ1n) is 8.98. The molecule has 1 unspecified atom stereocenters. The number of nitrogens with two attached hydrogens (primary N) is 1. The van der Waals surface area contributed by atoms with Crippen LogP contribution in [0.2, 0.25) is 0 Å². The van der Waals surface area contributed by atoms with E-state index in [1.807, 2.05) is 0 Å². The summed E-state index contributed by atoms with van der Waals surface area (Å²) >= 11 is 0. The summed E-state index contributed by atoms with van der Waals surface area (Å²) in [5.74, 6) is 0. The summed E-state index contributed by atoms with van der Waals surface area (Å²) in [6.07, 6.45) is 0.975. The molecule has 0 radical (unpaired) electrons. The SMILES string of the molecule is CCN(c1cccc(C)c1)C(CN)Cc1ccc(C(C)(C)C)cc1. The molecule has 0 aromatic heterocycles. The van der Waals surface area contributed by atoms with Gasteiger partial charge in [0.2, 0.25) is 0 Å². The van der Waals surface area contributed by atoms with Crippen LogP contribution in [-0.4, -0.2) is 19.1 Å². The van der Waals surface area contributed by atoms with E-state index in [4.69, 9.17) is 5.73 Å². The molecule has 1 atom stereocenters. The van der Waals surface area contributed by atoms with Crippen molar-refractivity contribution in [3.63, 3.8) is 0 Å². The summed E-state index contributed by atoms with van der Waals surface area (Å²) in [5, 5.41) is 0. The van der Waals surface area contributed by atoms with E-state index in [0.717, 1.165) is 13.0 Å². The second-order valence-corrected chi connectivity index (χ2v) is 7.67. The summed E-state index contributed by atoms with van der Waals surface area (Å²) < 4.78 is 0. The quantitative estimate of drug-likeness (QED) is 0.835. The van der Waals surface area contributed by atoms with Crippen molar-refractivity contribution in [3.05, 3.63) is 65.2 Å². The Morgan fingerprint density at radius 3 is 2.21 bits per heavy atom. The Morgan fingerprint density at radius 1 is 1.04 bits per heavy atom. The molecule has 2 heteroatoms. The van der Waals surface area contributed by atoms with Gasteiger partial charge in [0.15, 0.2) is 0 Å². The lowest BCUT2D eigenvalue weighted by atomic mass is 9.86. The molecule has 0 aliphatic heterocycles. The van der Waals surface area contributed by atoms with E-state index >= 15 is 0 Å². The van der Waals surface area contributed by atoms with Crippen molar-refractivity contribution in [3.8, 4) is 0 Å². The summed E-state index contributed by atoms with van der Waals surface area (Å²) in [6.45, 7) is 12.7. The minimum atomic E-state index is 0.197. The fraction of sp³-hybridized carbons (Fsp3) is 0.455. The lowest BCUT2D eigenvalue weighted by Crippen LogP contribution is -2.42. The van der Waals surface area contributed by atoms with E-state index in [1.165, 1.54) is 22.4 Å². The zero-order chi connectivity index (χ0) is 17.7. The van der Waals surface area contributed by atoms with Gasteiger partial charge in [-0.2, -0.15) is 0 Å². The van der Waals surface area contributed by atoms with Gasteiger partial charge < -0.3 is 10.6 Å². The van der Waals surface area contributed by atoms with Crippen LogP contribution in [0.4, 0.5) is 5.69 Å². The number of anilines is 1. The Balaban J connectivity index is 2.18. The van der Waals surface area contributed by atoms with Gasteiger partial charge >= 0.3 is 0 Å². The van der Waals surface area contributed by atoms with Crippen molar-refractivity contribution >= 4 is 5.69 Å². The van der Waals surface area contributed by atoms with Crippen LogP contribution in [0.5, 0.6) is 0 Å². The Hall–Kier alpha value is -1.80. The molecule has 0 saturated heterocycles. The van der Waals surface area contributed by atoms with Crippen LogP contribution >= 0.6 is 0 Å². The van der Waals surface area contributed by atoms with E-state index in [-0.39, 0.29) is 5.41 Å². The largest absolute Gasteiger partial charge is 0.367 e. The molecule has 0 saturated carbocycles. The van der Waals surface area contributed by atoms with E-state index in [9.17, 15) is 0 Å². The monoisotopic (exact) mass is 324 g/mol. The average Bonchev–Trinajstić information content (AvgIpc) is 2.54. The van der Waals surface area contributed by atoms with Gasteiger partial charge in [-0.1, -0.05) is 57.2 Å². The summed E-state index contributed by atoms with van der Waals surface area (Å²) in [6, 6.07) is 18.0. The van der Waals surface area contributed by atoms with Gasteiger partial charge in [-0.3, -0.25) is 0 Å². The molecule has 0 amide bonds. The lowest BCUT2D eigenvalue weighted by Gasteiger charge is -2.32. The minimum absolute atomic E-state index is 0.197. The molecule has 0 fully saturated rings. The molecule has 24 heavy (non-hydrogen) atoms. The Bertz CT molecular complexity index is 638. The molecular formula is C22H32N2. The van der Waals surface area contributed by atoms with Crippen LogP contribution in [0, 0.1) is 6.92 Å². The molecule has 130 valence electrons. The number of hydrogen-bond donors (Lipinski definition) is 1. The highest BCUT2D eigenvalue weighted by atomic mass is 15.2. The molecule has 0 bridgehead atoms. The number of hydrogen-bond acceptors (Lipinski definition) is 2. The van der Waals surface area contributed by atoms with E-state index in [1.54, 1.807) is 0 Å². The van der Waals surface area contributed by atoms with Gasteiger partial charge in [-0.25, -0.2) is 0 Å². The number of likely N-dealkylation sites (N-methyl/N-ethyl adjacent to an activating group) is 1. The highest BCUT2D eigenvalue weighted by molar-refractivity contribution is 5.49. The first kappa shape index (κ1) is 18.5. The van der Waals surface area contributed by atoms with Crippen LogP contribution in [0.15, 0.2) is 48.5 Å². The molecule has 0 aliphatic rings. The second kappa shape index (κ2) is 7.85. The van der Waals surface area contributed by atoms with Gasteiger partial charge in [0.25, 0.3) is 0 Å². The smallest absolute Gasteiger partial charge is 0.0452 e. The van der Waals surface area contributed by atoms with Crippen molar-refractivity contribution < 1.29 is 0 Å². The van der Waals surface area contributed by atoms with E-state index in [2.05, 4.69) is 88.0 Å². The van der Waals surface area contributed by atoms with Crippen LogP contribution in [0.3, 0.4) is 0 Å². The van der Waals surface area contributed by atoms with Gasteiger partial charge in [-0.05, 0) is 54.5 Å². The topological polar surface area (TPSA) is 29.3 Å². The van der Waals surface area contributed by atoms with Crippen molar-refractivity contribution in [2.75, 3.05) is 18.0 Å². The zero-order valence-corrected chi connectivity index (χ0v) is 15.8. The van der Waals surface area contributed by atoms with Gasteiger partial charge in [-0.15, -0.1) is 0 Å². The maximum Gasteiger partial charge on any atom is 0.0452 e. The zero-order valence-electron chi connectivity index (χ0n) is 15.8. The third-order valence-corrected chi connectivity index (χ3v) is 4.68. The third kappa shape index (κ3) is 4.61. The maximum absolute atomic E-state index is 6.13. The van der Waals surface area contributed by atoms with Crippen LogP contribution < -0.4 is 10.6 Å². The molecule has 0 aliphatic carbocycles. The van der Waals surface area contributed by atoms with E-state index < -0.39 is 0 Å². The van der Waals surface area contributed by atoms with E-state index in [0.29, 0.717) is 12.6 Å². The van der Waals surface area contributed by atoms with Crippen molar-refractivity contribution in [2.24, 2.45) is 5.73 Å². The highest BCUT2D eigenvalue weighted by Crippen LogP contribution is 2.24. The fourth-order valence-electron chi connectivity index (χ4n) is 3.19. The van der Waals surface area contributed by atoms with Crippen molar-refractivity contribution in [1.82, 2.24) is 0 Å². The Kier molecular flexibility index (Phi) is 6.06. The number of nitrogens with zero attached hydrogens (tertiary/aromatic N) is 1. The molecule has 2 rings (SSSR count). The Labute approximate surface area is 147 Å². The maximum atomic E-state index is 6.13. The Morgan fingerprint density at radius 2 is 1.71 bits per heavy atom. The van der Waals surface area contributed by atoms with Crippen LogP contribution in [0.1, 0.15) is 44.4 Å². The van der Waals surface area contributed by atoms with Crippen molar-refractivity contribution in [2.45, 2.75) is 52.5 Å². The van der Waals surface area contributed by atoms with Gasteiger partial charge in [0, 0.05) is 24.8 Å². The van der Waals surface area contributed by atoms with Crippen molar-refractivity contribution in [1.29, 1.82) is 0 Å². The highest BCUT2D eigenvalue weighted by Gasteiger charge is 2.18. The fourth-order valence-corrected chi connectivity index (χ4v) is 3.19. The first-order chi connectivity index (χ1) is 11.3. The molecule has 0 heterocycles. The lowest BCUT2D eigenvalue weighted by molar-refractivity contribution is 0.587. The molecule has 2 N–H and O–H groups in total. The van der Waals surface area contributed by atoms with Gasteiger partial charge in [0.1, 0.15) is 0 Å². The molecule has 2 nitrogen and oxygen atoms in total. The normalized spacial score (nSPS) is 12.9. The van der Waals surface area contributed by atoms with Gasteiger partial charge in [0.05, 0.1) is 0 Å². The third-order valence-electron chi connectivity index (χ3n) is 4.68. The molecular weight excluding hydrogens is 292 g/mol. The molecule has 2 aromatic carbocycles. The van der Waals surface area contributed by atoms with Crippen LogP contribution in [-0.2, 0) is 11.8 Å². The minimum Gasteiger partial charge on any atom is -0.367 e.